The molecule has 0 atom stereocenters. The Hall–Kier alpha value is -3.26. The molecule has 8 aromatic rings. The summed E-state index contributed by atoms with van der Waals surface area (Å²) in [5.41, 5.74) is 8.45. The van der Waals surface area contributed by atoms with Crippen LogP contribution in [0.4, 0.5) is 0 Å². The van der Waals surface area contributed by atoms with Gasteiger partial charge in [0.1, 0.15) is 0 Å². The quantitative estimate of drug-likeness (QED) is 0.0886. The summed E-state index contributed by atoms with van der Waals surface area (Å²) in [5, 5.41) is 10.9. The second-order valence-corrected chi connectivity index (χ2v) is 16.6. The van der Waals surface area contributed by atoms with Gasteiger partial charge in [-0.05, 0) is 69.5 Å². The molecule has 0 nitrogen and oxygen atoms in total. The molecule has 0 saturated heterocycles. The van der Waals surface area contributed by atoms with Gasteiger partial charge in [0.05, 0.1) is 0 Å². The van der Waals surface area contributed by atoms with E-state index in [0.717, 1.165) is 11.8 Å². The molecule has 0 bridgehead atoms. The monoisotopic (exact) mass is 922 g/mol. The third-order valence-corrected chi connectivity index (χ3v) is 12.7. The normalized spacial score (nSPS) is 14.4. The number of fused-ring (bicyclic) bond motifs is 4. The van der Waals surface area contributed by atoms with Gasteiger partial charge in [0, 0.05) is 0 Å². The van der Waals surface area contributed by atoms with E-state index in [0.29, 0.717) is 0 Å². The third kappa shape index (κ3) is 12.0. The first-order valence-corrected chi connectivity index (χ1v) is 25.5. The van der Waals surface area contributed by atoms with Gasteiger partial charge in [-0.1, -0.05) is 173 Å². The van der Waals surface area contributed by atoms with Crippen molar-refractivity contribution in [1.82, 2.24) is 0 Å². The van der Waals surface area contributed by atoms with E-state index >= 15 is 0 Å². The van der Waals surface area contributed by atoms with Crippen LogP contribution in [0, 0.1) is 26.7 Å². The van der Waals surface area contributed by atoms with Gasteiger partial charge in [0.2, 0.25) is 0 Å². The molecule has 2 aliphatic rings. The predicted molar refractivity (Wildman–Crippen MR) is 268 cm³/mol. The molecule has 8 aromatic carbocycles. The molecule has 2 radical (unpaired) electrons. The van der Waals surface area contributed by atoms with Crippen molar-refractivity contribution in [1.29, 1.82) is 0 Å². The Bertz CT molecular complexity index is 2340. The smallest absolute Gasteiger partial charge is 0.0178 e. The maximum absolute atomic E-state index is 3.06. The van der Waals surface area contributed by atoms with Crippen LogP contribution in [-0.2, 0) is 36.2 Å². The van der Waals surface area contributed by atoms with E-state index in [4.69, 9.17) is 0 Å². The summed E-state index contributed by atoms with van der Waals surface area (Å²) in [6.45, 7) is 3.06. The molecule has 4 heteroatoms. The fourth-order valence-corrected chi connectivity index (χ4v) is 9.85. The summed E-state index contributed by atoms with van der Waals surface area (Å²) in [7, 11) is 0. The fourth-order valence-electron chi connectivity index (χ4n) is 9.85. The molecule has 0 heterocycles. The Kier molecular flexibility index (Phi) is 20.1. The van der Waals surface area contributed by atoms with Crippen molar-refractivity contribution in [3.05, 3.63) is 172 Å². The van der Waals surface area contributed by atoms with Crippen LogP contribution in [0.15, 0.2) is 146 Å². The van der Waals surface area contributed by atoms with Crippen LogP contribution in [0.3, 0.4) is 0 Å². The van der Waals surface area contributed by atoms with Crippen LogP contribution in [0.25, 0.3) is 65.3 Å². The maximum atomic E-state index is 3.06. The van der Waals surface area contributed by atoms with Crippen molar-refractivity contribution in [3.8, 4) is 22.3 Å². The van der Waals surface area contributed by atoms with E-state index < -0.39 is 0 Å². The molecule has 10 rings (SSSR count). The number of benzene rings is 6. The Labute approximate surface area is 390 Å². The third-order valence-electron chi connectivity index (χ3n) is 12.7. The van der Waals surface area contributed by atoms with Crippen LogP contribution < -0.4 is 0 Å². The first-order chi connectivity index (χ1) is 27.7. The van der Waals surface area contributed by atoms with Crippen LogP contribution in [-0.4, -0.2) is 6.88 Å². The molecule has 60 heavy (non-hydrogen) atoms. The number of halogens is 2. The maximum Gasteiger partial charge on any atom is -0.0178 e. The van der Waals surface area contributed by atoms with Crippen molar-refractivity contribution in [2.75, 3.05) is 0 Å². The van der Waals surface area contributed by atoms with Crippen LogP contribution in [0.5, 0.6) is 0 Å². The zero-order chi connectivity index (χ0) is 38.1. The van der Waals surface area contributed by atoms with Crippen molar-refractivity contribution < 1.29 is 23.3 Å². The molecule has 312 valence electrons. The van der Waals surface area contributed by atoms with Crippen LogP contribution >= 0.6 is 24.8 Å². The zero-order valence-electron chi connectivity index (χ0n) is 35.7. The number of hydrogen-bond acceptors (Lipinski definition) is 0. The summed E-state index contributed by atoms with van der Waals surface area (Å²) in [5.74, 6) is 1.77. The molecular formula is C56H62Cl2SiZr-4. The van der Waals surface area contributed by atoms with E-state index in [2.05, 4.69) is 152 Å². The summed E-state index contributed by atoms with van der Waals surface area (Å²) in [6, 6.07) is 54.3. The van der Waals surface area contributed by atoms with Gasteiger partial charge >= 0.3 is 30.2 Å². The topological polar surface area (TPSA) is 0 Å². The van der Waals surface area contributed by atoms with Gasteiger partial charge in [0.25, 0.3) is 0 Å². The van der Waals surface area contributed by atoms with Crippen molar-refractivity contribution in [2.24, 2.45) is 11.8 Å². The summed E-state index contributed by atoms with van der Waals surface area (Å²) in [4.78, 5) is 0. The van der Waals surface area contributed by atoms with Gasteiger partial charge < -0.3 is 14.9 Å². The minimum absolute atomic E-state index is 0. The zero-order valence-corrected chi connectivity index (χ0v) is 40.8. The molecule has 0 aromatic heterocycles. The summed E-state index contributed by atoms with van der Waals surface area (Å²) in [6.07, 6.45) is 19.6. The Morgan fingerprint density at radius 3 is 1.17 bits per heavy atom. The molecule has 2 saturated carbocycles. The van der Waals surface area contributed by atoms with E-state index in [1.807, 2.05) is 0 Å². The number of hydrogen-bond donors (Lipinski definition) is 0. The second-order valence-electron chi connectivity index (χ2n) is 16.6. The predicted octanol–water partition coefficient (Wildman–Crippen LogP) is 17.1. The van der Waals surface area contributed by atoms with Gasteiger partial charge in [0.15, 0.2) is 0 Å². The Morgan fingerprint density at radius 2 is 0.783 bits per heavy atom. The van der Waals surface area contributed by atoms with Crippen LogP contribution in [0.1, 0.15) is 88.2 Å². The first kappa shape index (κ1) is 49.4. The van der Waals surface area contributed by atoms with Gasteiger partial charge in [-0.2, -0.15) is 12.1 Å². The van der Waals surface area contributed by atoms with Gasteiger partial charge in [-0.25, -0.2) is 0 Å². The summed E-state index contributed by atoms with van der Waals surface area (Å²) < 4.78 is 0. The second kappa shape index (κ2) is 24.4. The molecule has 2 aliphatic carbocycles. The molecule has 0 N–H and O–H groups in total. The molecule has 0 amide bonds. The van der Waals surface area contributed by atoms with E-state index in [-0.39, 0.29) is 39.7 Å². The Balaban J connectivity index is 0.000000239. The van der Waals surface area contributed by atoms with E-state index in [1.54, 1.807) is 0 Å². The minimum Gasteiger partial charge on any atom is -0.164 e. The minimum atomic E-state index is 0. The average Bonchev–Trinajstić information content (AvgIpc) is 3.64. The molecule has 0 spiro atoms. The summed E-state index contributed by atoms with van der Waals surface area (Å²) >= 11 is 1.36. The number of rotatable bonds is 6. The fraction of sp³-hybridized carbons (Fsp3) is 0.286. The first-order valence-electron chi connectivity index (χ1n) is 21.3. The van der Waals surface area contributed by atoms with E-state index in [1.165, 1.54) is 190 Å². The average molecular weight is 925 g/mol. The molecular weight excluding hydrogens is 863 g/mol. The molecule has 0 aliphatic heterocycles. The standard InChI is InChI=1S/2C27H27.2CH3.2ClH.Si.Zr/c2*1-2-4-9-20(8-3-1)16-21-17-24-12-7-13-26(27(24)18-21)25-15-14-22-10-5-6-11-23(22)19-25;;;;;;/h2*5-7,10-15,17-20H,1-4,8-9,16H2;2*1H3;2*1H;;/q4*-1;;;;. The van der Waals surface area contributed by atoms with Gasteiger partial charge in [-0.15, -0.1) is 93.9 Å². The van der Waals surface area contributed by atoms with Crippen molar-refractivity contribution in [2.45, 2.75) is 89.9 Å². The molecule has 0 unspecified atom stereocenters. The Morgan fingerprint density at radius 1 is 0.417 bits per heavy atom. The van der Waals surface area contributed by atoms with Crippen LogP contribution in [0.2, 0.25) is 0 Å². The largest absolute Gasteiger partial charge is 0.164 e. The van der Waals surface area contributed by atoms with Crippen molar-refractivity contribution >= 4 is 74.8 Å². The van der Waals surface area contributed by atoms with Crippen molar-refractivity contribution in [3.63, 3.8) is 0 Å². The SMILES string of the molecule is Cl.Cl.[CH3-].[CH3-].[Si]=[Zr].c1ccc2cc(-c3cccc4[cH-]c(CC5CCCCCC5)cc34)ccc2c1.c1ccc2cc(-c3cccc4[cH-]c(CC5CCCCCC5)cc34)ccc2c1. The van der Waals surface area contributed by atoms with Gasteiger partial charge in [-0.3, -0.25) is 0 Å². The van der Waals surface area contributed by atoms with E-state index in [9.17, 15) is 0 Å². The molecule has 2 fully saturated rings.